The summed E-state index contributed by atoms with van der Waals surface area (Å²) in [5, 5.41) is 5.64. The first-order chi connectivity index (χ1) is 16.9. The fraction of sp³-hybridized carbons (Fsp3) is 0.423. The lowest BCUT2D eigenvalue weighted by Crippen LogP contribution is -2.53. The molecule has 0 saturated carbocycles. The van der Waals surface area contributed by atoms with Gasteiger partial charge in [-0.2, -0.15) is 0 Å². The molecule has 2 aromatic carbocycles. The standard InChI is InChI=1S/C26H31N3O6/c1-16(30)28-18-8-11-23-20(12-18)26(32)29(2)21-10-9-19(35-24(21)15-34-23)13-25(31)27-14-17-6-4-5-7-22(17)33-3/h4-8,11-12,19,21,24H,9-10,13-15H2,1-3H3,(H,27,31)(H,28,30)/t19-,21-,24+/m0/s1. The molecule has 3 amide bonds. The summed E-state index contributed by atoms with van der Waals surface area (Å²) in [5.74, 6) is 0.657. The molecule has 0 spiro atoms. The van der Waals surface area contributed by atoms with Gasteiger partial charge in [-0.3, -0.25) is 14.4 Å². The zero-order valence-electron chi connectivity index (χ0n) is 20.2. The Hall–Kier alpha value is -3.59. The van der Waals surface area contributed by atoms with Crippen molar-refractivity contribution in [2.75, 3.05) is 26.1 Å². The number of nitrogens with zero attached hydrogens (tertiary/aromatic N) is 1. The quantitative estimate of drug-likeness (QED) is 0.657. The van der Waals surface area contributed by atoms with E-state index in [-0.39, 0.29) is 49.0 Å². The third-order valence-electron chi connectivity index (χ3n) is 6.41. The number of carbonyl (C=O) groups excluding carboxylic acids is 3. The number of methoxy groups -OCH3 is 1. The van der Waals surface area contributed by atoms with Crippen LogP contribution in [0, 0.1) is 0 Å². The molecule has 2 aliphatic heterocycles. The first-order valence-corrected chi connectivity index (χ1v) is 11.7. The van der Waals surface area contributed by atoms with Crippen molar-refractivity contribution in [2.45, 2.75) is 51.0 Å². The van der Waals surface area contributed by atoms with Crippen LogP contribution in [0.15, 0.2) is 42.5 Å². The number of para-hydroxylation sites is 1. The first-order valence-electron chi connectivity index (χ1n) is 11.7. The molecule has 0 bridgehead atoms. The molecule has 2 N–H and O–H groups in total. The van der Waals surface area contributed by atoms with Crippen LogP contribution >= 0.6 is 0 Å². The number of fused-ring (bicyclic) bond motifs is 2. The van der Waals surface area contributed by atoms with E-state index in [4.69, 9.17) is 14.2 Å². The fourth-order valence-electron chi connectivity index (χ4n) is 4.63. The Kier molecular flexibility index (Phi) is 7.55. The van der Waals surface area contributed by atoms with E-state index in [1.165, 1.54) is 6.92 Å². The molecule has 35 heavy (non-hydrogen) atoms. The lowest BCUT2D eigenvalue weighted by Gasteiger charge is -2.42. The van der Waals surface area contributed by atoms with Gasteiger partial charge in [0.25, 0.3) is 5.91 Å². The van der Waals surface area contributed by atoms with Crippen LogP contribution in [0.2, 0.25) is 0 Å². The summed E-state index contributed by atoms with van der Waals surface area (Å²) in [4.78, 5) is 38.9. The van der Waals surface area contributed by atoms with Crippen molar-refractivity contribution in [3.63, 3.8) is 0 Å². The molecule has 3 atom stereocenters. The Labute approximate surface area is 204 Å². The Morgan fingerprint density at radius 3 is 2.74 bits per heavy atom. The molecule has 2 aromatic rings. The maximum absolute atomic E-state index is 13.2. The third-order valence-corrected chi connectivity index (χ3v) is 6.41. The van der Waals surface area contributed by atoms with Gasteiger partial charge >= 0.3 is 0 Å². The molecule has 186 valence electrons. The summed E-state index contributed by atoms with van der Waals surface area (Å²) in [6, 6.07) is 12.4. The van der Waals surface area contributed by atoms with Gasteiger partial charge in [-0.15, -0.1) is 0 Å². The van der Waals surface area contributed by atoms with Crippen LogP contribution in [-0.2, 0) is 20.9 Å². The lowest BCUT2D eigenvalue weighted by molar-refractivity contribution is -0.134. The second kappa shape index (κ2) is 10.8. The third kappa shape index (κ3) is 5.74. The van der Waals surface area contributed by atoms with Crippen molar-refractivity contribution < 1.29 is 28.6 Å². The van der Waals surface area contributed by atoms with Crippen LogP contribution < -0.4 is 20.1 Å². The van der Waals surface area contributed by atoms with Crippen molar-refractivity contribution >= 4 is 23.4 Å². The average molecular weight is 482 g/mol. The Morgan fingerprint density at radius 2 is 1.97 bits per heavy atom. The highest BCUT2D eigenvalue weighted by molar-refractivity contribution is 5.99. The molecule has 2 heterocycles. The van der Waals surface area contributed by atoms with Gasteiger partial charge in [-0.1, -0.05) is 18.2 Å². The minimum Gasteiger partial charge on any atom is -0.496 e. The van der Waals surface area contributed by atoms with E-state index in [0.717, 1.165) is 11.3 Å². The molecule has 1 saturated heterocycles. The topological polar surface area (TPSA) is 106 Å². The van der Waals surface area contributed by atoms with E-state index in [0.29, 0.717) is 36.4 Å². The van der Waals surface area contributed by atoms with Crippen LogP contribution in [0.4, 0.5) is 5.69 Å². The molecular formula is C26H31N3O6. The van der Waals surface area contributed by atoms with Gasteiger partial charge in [-0.25, -0.2) is 0 Å². The largest absolute Gasteiger partial charge is 0.496 e. The van der Waals surface area contributed by atoms with Gasteiger partial charge in [0, 0.05) is 31.8 Å². The zero-order valence-corrected chi connectivity index (χ0v) is 20.2. The van der Waals surface area contributed by atoms with Gasteiger partial charge in [0.2, 0.25) is 11.8 Å². The molecule has 0 radical (unpaired) electrons. The molecule has 0 aliphatic carbocycles. The molecule has 4 rings (SSSR count). The number of benzene rings is 2. The van der Waals surface area contributed by atoms with E-state index < -0.39 is 0 Å². The SMILES string of the molecule is COc1ccccc1CNC(=O)C[C@@H]1CC[C@H]2[C@@H](COc3ccc(NC(C)=O)cc3C(=O)N2C)O1. The van der Waals surface area contributed by atoms with Crippen LogP contribution in [0.25, 0.3) is 0 Å². The van der Waals surface area contributed by atoms with Crippen LogP contribution in [0.3, 0.4) is 0 Å². The number of amides is 3. The number of rotatable bonds is 6. The molecule has 0 aromatic heterocycles. The maximum Gasteiger partial charge on any atom is 0.257 e. The van der Waals surface area contributed by atoms with Crippen LogP contribution in [-0.4, -0.2) is 61.6 Å². The van der Waals surface area contributed by atoms with Crippen molar-refractivity contribution in [3.8, 4) is 11.5 Å². The predicted octanol–water partition coefficient (Wildman–Crippen LogP) is 2.74. The second-order valence-electron chi connectivity index (χ2n) is 8.85. The number of carbonyl (C=O) groups is 3. The molecule has 0 unspecified atom stereocenters. The summed E-state index contributed by atoms with van der Waals surface area (Å²) < 4.78 is 17.5. The van der Waals surface area contributed by atoms with E-state index in [2.05, 4.69) is 10.6 Å². The Bertz CT molecular complexity index is 1100. The highest BCUT2D eigenvalue weighted by Crippen LogP contribution is 2.32. The van der Waals surface area contributed by atoms with Gasteiger partial charge in [-0.05, 0) is 37.1 Å². The highest BCUT2D eigenvalue weighted by atomic mass is 16.5. The summed E-state index contributed by atoms with van der Waals surface area (Å²) in [6.07, 6.45) is 0.961. The minimum absolute atomic E-state index is 0.105. The maximum atomic E-state index is 13.2. The highest BCUT2D eigenvalue weighted by Gasteiger charge is 2.39. The van der Waals surface area contributed by atoms with Crippen LogP contribution in [0.5, 0.6) is 11.5 Å². The molecule has 1 fully saturated rings. The smallest absolute Gasteiger partial charge is 0.257 e. The number of likely N-dealkylation sites (N-methyl/N-ethyl adjacent to an activating group) is 1. The number of nitrogens with one attached hydrogen (secondary N) is 2. The zero-order chi connectivity index (χ0) is 24.9. The number of hydrogen-bond donors (Lipinski definition) is 2. The van der Waals surface area contributed by atoms with Crippen molar-refractivity contribution in [1.29, 1.82) is 0 Å². The summed E-state index contributed by atoms with van der Waals surface area (Å²) in [5.41, 5.74) is 1.84. The molecule has 2 aliphatic rings. The van der Waals surface area contributed by atoms with Crippen molar-refractivity contribution in [2.24, 2.45) is 0 Å². The van der Waals surface area contributed by atoms with Crippen LogP contribution in [0.1, 0.15) is 42.1 Å². The van der Waals surface area contributed by atoms with E-state index in [1.807, 2.05) is 24.3 Å². The van der Waals surface area contributed by atoms with Gasteiger partial charge in [0.15, 0.2) is 0 Å². The van der Waals surface area contributed by atoms with E-state index in [1.54, 1.807) is 37.3 Å². The van der Waals surface area contributed by atoms with E-state index in [9.17, 15) is 14.4 Å². The van der Waals surface area contributed by atoms with Crippen molar-refractivity contribution in [1.82, 2.24) is 10.2 Å². The Balaban J connectivity index is 1.38. The number of anilines is 1. The van der Waals surface area contributed by atoms with Gasteiger partial charge < -0.3 is 29.7 Å². The number of ether oxygens (including phenoxy) is 3. The normalized spacial score (nSPS) is 21.5. The van der Waals surface area contributed by atoms with Gasteiger partial charge in [0.05, 0.1) is 31.2 Å². The first kappa shape index (κ1) is 24.5. The minimum atomic E-state index is -0.354. The van der Waals surface area contributed by atoms with E-state index >= 15 is 0 Å². The molecule has 9 nitrogen and oxygen atoms in total. The average Bonchev–Trinajstić information content (AvgIpc) is 2.85. The molecular weight excluding hydrogens is 450 g/mol. The number of hydrogen-bond acceptors (Lipinski definition) is 6. The van der Waals surface area contributed by atoms with Gasteiger partial charge in [0.1, 0.15) is 24.2 Å². The summed E-state index contributed by atoms with van der Waals surface area (Å²) in [7, 11) is 3.36. The Morgan fingerprint density at radius 1 is 1.17 bits per heavy atom. The summed E-state index contributed by atoms with van der Waals surface area (Å²) in [6.45, 7) is 2.05. The molecule has 9 heteroatoms. The summed E-state index contributed by atoms with van der Waals surface area (Å²) >= 11 is 0. The monoisotopic (exact) mass is 481 g/mol. The van der Waals surface area contributed by atoms with Crippen molar-refractivity contribution in [3.05, 3.63) is 53.6 Å². The lowest BCUT2D eigenvalue weighted by atomic mass is 9.94. The second-order valence-corrected chi connectivity index (χ2v) is 8.85. The predicted molar refractivity (Wildman–Crippen MR) is 129 cm³/mol. The fourth-order valence-corrected chi connectivity index (χ4v) is 4.63.